The molecule has 10 heteroatoms. The quantitative estimate of drug-likeness (QED) is 0.691. The lowest BCUT2D eigenvalue weighted by atomic mass is 9.89. The number of imide groups is 1. The lowest BCUT2D eigenvalue weighted by Crippen LogP contribution is -2.65. The molecule has 1 aromatic carbocycles. The highest BCUT2D eigenvalue weighted by Crippen LogP contribution is 2.32. The number of hydrogen-bond donors (Lipinski definition) is 1. The summed E-state index contributed by atoms with van der Waals surface area (Å²) in [5.74, 6) is -0.688. The number of hydrogen-bond acceptors (Lipinski definition) is 8. The minimum absolute atomic E-state index is 0.0816. The molecule has 1 N–H and O–H groups in total. The molecule has 0 bridgehead atoms. The van der Waals surface area contributed by atoms with Crippen molar-refractivity contribution in [2.45, 2.75) is 45.9 Å². The molecule has 4 rings (SSSR count). The standard InChI is InChI=1S/C22H30N6O4/c1-22(2,3)15-11-27-17-18(25(4)21(31)26(5)19(17)30)23-20(27)28(24-15)12-16(29)32-13-14-9-7-6-8-10-14/h6-10,17-18,20,23H,11-13H2,1-5H3. The van der Waals surface area contributed by atoms with E-state index in [1.807, 2.05) is 56.0 Å². The summed E-state index contributed by atoms with van der Waals surface area (Å²) in [4.78, 5) is 42.8. The largest absolute Gasteiger partial charge is 0.459 e. The fraction of sp³-hybridized carbons (Fsp3) is 0.545. The molecule has 10 nitrogen and oxygen atoms in total. The first-order valence-electron chi connectivity index (χ1n) is 10.7. The summed E-state index contributed by atoms with van der Waals surface area (Å²) in [5, 5.41) is 9.70. The molecule has 0 spiro atoms. The minimum Gasteiger partial charge on any atom is -0.459 e. The van der Waals surface area contributed by atoms with Gasteiger partial charge in [-0.15, -0.1) is 0 Å². The number of urea groups is 1. The molecule has 2 saturated heterocycles. The summed E-state index contributed by atoms with van der Waals surface area (Å²) in [6.07, 6.45) is -1.01. The van der Waals surface area contributed by atoms with Crippen LogP contribution in [0.25, 0.3) is 0 Å². The molecule has 3 heterocycles. The molecule has 3 aliphatic heterocycles. The predicted octanol–water partition coefficient (Wildman–Crippen LogP) is 0.855. The van der Waals surface area contributed by atoms with Crippen molar-refractivity contribution in [1.29, 1.82) is 0 Å². The molecule has 0 radical (unpaired) electrons. The van der Waals surface area contributed by atoms with E-state index in [4.69, 9.17) is 9.84 Å². The Morgan fingerprint density at radius 2 is 1.88 bits per heavy atom. The molecular formula is C22H30N6O4. The first-order valence-corrected chi connectivity index (χ1v) is 10.7. The van der Waals surface area contributed by atoms with Crippen LogP contribution in [-0.4, -0.2) is 89.0 Å². The van der Waals surface area contributed by atoms with Crippen LogP contribution in [0, 0.1) is 5.41 Å². The zero-order valence-corrected chi connectivity index (χ0v) is 19.1. The van der Waals surface area contributed by atoms with Crippen LogP contribution in [-0.2, 0) is 20.9 Å². The molecule has 2 fully saturated rings. The molecule has 32 heavy (non-hydrogen) atoms. The van der Waals surface area contributed by atoms with Gasteiger partial charge in [0.05, 0.1) is 5.71 Å². The molecule has 172 valence electrons. The second kappa shape index (κ2) is 8.18. The Morgan fingerprint density at radius 3 is 2.53 bits per heavy atom. The number of carbonyl (C=O) groups is 3. The van der Waals surface area contributed by atoms with Gasteiger partial charge in [-0.25, -0.2) is 9.69 Å². The SMILES string of the molecule is CN1C(=O)C2C(NC3N(CC(=O)OCc4ccccc4)N=C(C(C)(C)C)CN23)N(C)C1=O. The Bertz CT molecular complexity index is 943. The average molecular weight is 443 g/mol. The molecule has 0 aromatic heterocycles. The van der Waals surface area contributed by atoms with E-state index in [2.05, 4.69) is 5.32 Å². The van der Waals surface area contributed by atoms with Crippen LogP contribution in [0.4, 0.5) is 4.79 Å². The van der Waals surface area contributed by atoms with Gasteiger partial charge in [0.2, 0.25) is 0 Å². The van der Waals surface area contributed by atoms with Gasteiger partial charge in [0.1, 0.15) is 25.4 Å². The third-order valence-electron chi connectivity index (χ3n) is 6.14. The van der Waals surface area contributed by atoms with Gasteiger partial charge in [0, 0.05) is 26.1 Å². The van der Waals surface area contributed by atoms with Crippen molar-refractivity contribution >= 4 is 23.6 Å². The summed E-state index contributed by atoms with van der Waals surface area (Å²) in [7, 11) is 3.16. The van der Waals surface area contributed by atoms with Gasteiger partial charge in [-0.1, -0.05) is 51.1 Å². The highest BCUT2D eigenvalue weighted by Gasteiger charge is 2.56. The minimum atomic E-state index is -0.566. The van der Waals surface area contributed by atoms with Gasteiger partial charge in [-0.3, -0.25) is 24.8 Å². The average Bonchev–Trinajstić information content (AvgIpc) is 3.15. The van der Waals surface area contributed by atoms with Crippen LogP contribution in [0.15, 0.2) is 35.4 Å². The second-order valence-corrected chi connectivity index (χ2v) is 9.43. The van der Waals surface area contributed by atoms with Crippen molar-refractivity contribution in [2.24, 2.45) is 10.5 Å². The Labute approximate surface area is 187 Å². The van der Waals surface area contributed by atoms with Crippen molar-refractivity contribution in [3.05, 3.63) is 35.9 Å². The van der Waals surface area contributed by atoms with Gasteiger partial charge in [-0.2, -0.15) is 5.10 Å². The maximum absolute atomic E-state index is 13.0. The maximum atomic E-state index is 13.0. The van der Waals surface area contributed by atoms with E-state index >= 15 is 0 Å². The van der Waals surface area contributed by atoms with Crippen LogP contribution >= 0.6 is 0 Å². The van der Waals surface area contributed by atoms with Crippen molar-refractivity contribution in [2.75, 3.05) is 27.2 Å². The molecule has 0 saturated carbocycles. The number of likely N-dealkylation sites (N-methyl/N-ethyl adjacent to an activating group) is 2. The number of amides is 3. The molecule has 3 aliphatic rings. The van der Waals surface area contributed by atoms with E-state index in [0.29, 0.717) is 6.54 Å². The highest BCUT2D eigenvalue weighted by atomic mass is 16.5. The van der Waals surface area contributed by atoms with Crippen LogP contribution in [0.1, 0.15) is 26.3 Å². The smallest absolute Gasteiger partial charge is 0.327 e. The van der Waals surface area contributed by atoms with Gasteiger partial charge < -0.3 is 9.64 Å². The molecule has 3 unspecified atom stereocenters. The van der Waals surface area contributed by atoms with Crippen molar-refractivity contribution < 1.29 is 19.1 Å². The molecule has 0 aliphatic carbocycles. The molecular weight excluding hydrogens is 412 g/mol. The van der Waals surface area contributed by atoms with Gasteiger partial charge in [0.15, 0.2) is 6.29 Å². The Morgan fingerprint density at radius 1 is 1.19 bits per heavy atom. The summed E-state index contributed by atoms with van der Waals surface area (Å²) in [6.45, 7) is 6.69. The maximum Gasteiger partial charge on any atom is 0.327 e. The zero-order valence-electron chi connectivity index (χ0n) is 19.1. The predicted molar refractivity (Wildman–Crippen MR) is 117 cm³/mol. The Balaban J connectivity index is 1.56. The van der Waals surface area contributed by atoms with Crippen molar-refractivity contribution in [3.63, 3.8) is 0 Å². The monoisotopic (exact) mass is 442 g/mol. The summed E-state index contributed by atoms with van der Waals surface area (Å²) < 4.78 is 5.46. The topological polar surface area (TPSA) is 97.8 Å². The van der Waals surface area contributed by atoms with E-state index in [1.54, 1.807) is 12.1 Å². The third kappa shape index (κ3) is 3.95. The molecule has 3 atom stereocenters. The van der Waals surface area contributed by atoms with Crippen LogP contribution in [0.2, 0.25) is 0 Å². The summed E-state index contributed by atoms with van der Waals surface area (Å²) in [6, 6.07) is 8.54. The zero-order chi connectivity index (χ0) is 23.2. The number of ether oxygens (including phenoxy) is 1. The van der Waals surface area contributed by atoms with Crippen LogP contribution < -0.4 is 5.32 Å². The first kappa shape index (κ1) is 22.2. The van der Waals surface area contributed by atoms with Crippen LogP contribution in [0.3, 0.4) is 0 Å². The van der Waals surface area contributed by atoms with Crippen molar-refractivity contribution in [1.82, 2.24) is 25.0 Å². The summed E-state index contributed by atoms with van der Waals surface area (Å²) >= 11 is 0. The van der Waals surface area contributed by atoms with Gasteiger partial charge in [-0.05, 0) is 5.56 Å². The van der Waals surface area contributed by atoms with Crippen molar-refractivity contribution in [3.8, 4) is 0 Å². The first-order chi connectivity index (χ1) is 15.1. The number of nitrogens with zero attached hydrogens (tertiary/aromatic N) is 5. The number of esters is 1. The number of benzene rings is 1. The fourth-order valence-corrected chi connectivity index (χ4v) is 4.20. The van der Waals surface area contributed by atoms with E-state index in [0.717, 1.165) is 16.2 Å². The van der Waals surface area contributed by atoms with E-state index < -0.39 is 24.5 Å². The lowest BCUT2D eigenvalue weighted by molar-refractivity contribution is -0.148. The summed E-state index contributed by atoms with van der Waals surface area (Å²) in [5.41, 5.74) is 1.49. The number of rotatable bonds is 4. The lowest BCUT2D eigenvalue weighted by Gasteiger charge is -2.43. The molecule has 3 amide bonds. The van der Waals surface area contributed by atoms with E-state index in [-0.39, 0.29) is 30.5 Å². The van der Waals surface area contributed by atoms with Gasteiger partial charge >= 0.3 is 12.0 Å². The number of fused-ring (bicyclic) bond motifs is 3. The highest BCUT2D eigenvalue weighted by molar-refractivity contribution is 6.01. The Kier molecular flexibility index (Phi) is 5.68. The Hall–Kier alpha value is -2.98. The van der Waals surface area contributed by atoms with Gasteiger partial charge in [0.25, 0.3) is 5.91 Å². The van der Waals surface area contributed by atoms with E-state index in [1.165, 1.54) is 11.9 Å². The van der Waals surface area contributed by atoms with E-state index in [9.17, 15) is 14.4 Å². The number of hydrazone groups is 1. The fourth-order valence-electron chi connectivity index (χ4n) is 4.20. The normalized spacial score (nSPS) is 26.1. The second-order valence-electron chi connectivity index (χ2n) is 9.43. The van der Waals surface area contributed by atoms with Crippen LogP contribution in [0.5, 0.6) is 0 Å². The number of nitrogens with one attached hydrogen (secondary N) is 1. The molecule has 1 aromatic rings. The number of carbonyl (C=O) groups excluding carboxylic acids is 3. The third-order valence-corrected chi connectivity index (χ3v) is 6.14.